The Kier molecular flexibility index (Phi) is 6.01. The number of rotatable bonds is 4. The Labute approximate surface area is 201 Å². The summed E-state index contributed by atoms with van der Waals surface area (Å²) in [4.78, 5) is 32.0. The van der Waals surface area contributed by atoms with Crippen LogP contribution >= 0.6 is 11.8 Å². The maximum Gasteiger partial charge on any atom is 0.450 e. The Balaban J connectivity index is 1.18. The Morgan fingerprint density at radius 3 is 2.62 bits per heavy atom. The van der Waals surface area contributed by atoms with Crippen LogP contribution in [-0.2, 0) is 11.0 Å². The van der Waals surface area contributed by atoms with E-state index in [1.54, 1.807) is 0 Å². The molecule has 0 spiro atoms. The normalized spacial score (nSPS) is 33.2. The van der Waals surface area contributed by atoms with Crippen molar-refractivity contribution in [1.82, 2.24) is 10.2 Å². The number of amides is 2. The third-order valence-corrected chi connectivity index (χ3v) is 9.13. The van der Waals surface area contributed by atoms with E-state index in [9.17, 15) is 22.8 Å². The minimum absolute atomic E-state index is 0.0263. The number of likely N-dealkylation sites (tertiary alicyclic amines) is 1. The molecule has 6 nitrogen and oxygen atoms in total. The zero-order valence-electron chi connectivity index (χ0n) is 19.4. The first-order chi connectivity index (χ1) is 16.0. The quantitative estimate of drug-likeness (QED) is 0.634. The number of thioether (sulfide) groups is 1. The molecule has 186 valence electrons. The number of halogens is 3. The number of hydrogen-bond donors (Lipinski definition) is 1. The van der Waals surface area contributed by atoms with Gasteiger partial charge in [-0.3, -0.25) is 14.6 Å². The van der Waals surface area contributed by atoms with E-state index >= 15 is 0 Å². The van der Waals surface area contributed by atoms with Crippen molar-refractivity contribution in [2.75, 3.05) is 13.1 Å². The van der Waals surface area contributed by atoms with Gasteiger partial charge in [-0.25, -0.2) is 0 Å². The molecule has 2 saturated carbocycles. The molecule has 2 aliphatic carbocycles. The van der Waals surface area contributed by atoms with E-state index in [-0.39, 0.29) is 17.6 Å². The van der Waals surface area contributed by atoms with Crippen LogP contribution in [0.1, 0.15) is 73.7 Å². The van der Waals surface area contributed by atoms with Crippen molar-refractivity contribution in [3.63, 3.8) is 0 Å². The van der Waals surface area contributed by atoms with Crippen molar-refractivity contribution in [2.45, 2.75) is 75.8 Å². The van der Waals surface area contributed by atoms with Gasteiger partial charge in [0, 0.05) is 13.1 Å². The topological polar surface area (TPSA) is 74.9 Å². The second-order valence-electron chi connectivity index (χ2n) is 10.5. The number of hydrogen-bond acceptors (Lipinski definition) is 5. The number of nitrogens with zero attached hydrogens (tertiary/aromatic N) is 2. The molecule has 10 heteroatoms. The summed E-state index contributed by atoms with van der Waals surface area (Å²) >= 11 is 1.51. The lowest BCUT2D eigenvalue weighted by Gasteiger charge is -2.34. The maximum absolute atomic E-state index is 13.2. The molecule has 4 fully saturated rings. The number of carbonyl (C=O) groups is 2. The largest absolute Gasteiger partial charge is 0.456 e. The number of furan rings is 1. The van der Waals surface area contributed by atoms with Crippen molar-refractivity contribution in [1.29, 1.82) is 0 Å². The molecular weight excluding hydrogens is 467 g/mol. The molecule has 4 atom stereocenters. The first-order valence-corrected chi connectivity index (χ1v) is 12.9. The van der Waals surface area contributed by atoms with Crippen LogP contribution in [0.5, 0.6) is 0 Å². The van der Waals surface area contributed by atoms with Crippen LogP contribution in [0.4, 0.5) is 13.2 Å². The Hall–Kier alpha value is -1.97. The van der Waals surface area contributed by atoms with Gasteiger partial charge in [-0.15, -0.1) is 0 Å². The molecule has 1 N–H and O–H groups in total. The number of aliphatic imine (C=N–C) groups is 1. The van der Waals surface area contributed by atoms with Gasteiger partial charge < -0.3 is 14.6 Å². The summed E-state index contributed by atoms with van der Waals surface area (Å²) in [5.41, 5.74) is -0.428. The molecule has 1 unspecified atom stereocenters. The summed E-state index contributed by atoms with van der Waals surface area (Å²) in [5.74, 6) is -0.192. The first-order valence-electron chi connectivity index (χ1n) is 12.1. The highest BCUT2D eigenvalue weighted by atomic mass is 32.2. The molecule has 1 aromatic rings. The monoisotopic (exact) mass is 497 g/mol. The van der Waals surface area contributed by atoms with E-state index in [1.165, 1.54) is 42.8 Å². The third-order valence-electron chi connectivity index (χ3n) is 7.93. The third kappa shape index (κ3) is 4.50. The molecular formula is C24H30F3N3O3S. The molecule has 3 heterocycles. The highest BCUT2D eigenvalue weighted by molar-refractivity contribution is 8.16. The Morgan fingerprint density at radius 1 is 1.26 bits per heavy atom. The highest BCUT2D eigenvalue weighted by Crippen LogP contribution is 2.47. The number of amidine groups is 1. The smallest absolute Gasteiger partial charge is 0.450 e. The number of aryl methyl sites for hydroxylation is 1. The molecule has 4 aliphatic rings. The fourth-order valence-electron chi connectivity index (χ4n) is 6.17. The van der Waals surface area contributed by atoms with E-state index in [0.29, 0.717) is 44.3 Å². The van der Waals surface area contributed by atoms with Crippen molar-refractivity contribution in [3.8, 4) is 0 Å². The summed E-state index contributed by atoms with van der Waals surface area (Å²) in [6.07, 6.45) is 2.16. The second-order valence-corrected chi connectivity index (χ2v) is 12.0. The number of alkyl halides is 3. The molecule has 1 aromatic heterocycles. The summed E-state index contributed by atoms with van der Waals surface area (Å²) in [6.45, 7) is 4.06. The van der Waals surface area contributed by atoms with Crippen LogP contribution in [0, 0.1) is 24.7 Å². The van der Waals surface area contributed by atoms with Crippen LogP contribution in [0.2, 0.25) is 0 Å². The average Bonchev–Trinajstić information content (AvgIpc) is 3.52. The van der Waals surface area contributed by atoms with E-state index in [1.807, 2.05) is 6.92 Å². The van der Waals surface area contributed by atoms with Gasteiger partial charge in [0.1, 0.15) is 5.76 Å². The zero-order chi connectivity index (χ0) is 24.3. The van der Waals surface area contributed by atoms with Gasteiger partial charge in [0.15, 0.2) is 5.17 Å². The van der Waals surface area contributed by atoms with Gasteiger partial charge in [-0.2, -0.15) is 13.2 Å². The molecule has 0 aromatic carbocycles. The van der Waals surface area contributed by atoms with Crippen molar-refractivity contribution >= 4 is 28.7 Å². The first kappa shape index (κ1) is 23.8. The fourth-order valence-corrected chi connectivity index (χ4v) is 7.39. The van der Waals surface area contributed by atoms with Crippen LogP contribution in [0.15, 0.2) is 15.5 Å². The lowest BCUT2D eigenvalue weighted by molar-refractivity contribution is -0.153. The molecule has 2 saturated heterocycles. The number of fused-ring (bicyclic) bond motifs is 2. The zero-order valence-corrected chi connectivity index (χ0v) is 20.2. The van der Waals surface area contributed by atoms with Crippen LogP contribution < -0.4 is 5.32 Å². The van der Waals surface area contributed by atoms with Crippen LogP contribution in [0.25, 0.3) is 0 Å². The van der Waals surface area contributed by atoms with E-state index in [0.717, 1.165) is 23.6 Å². The SMILES string of the molecule is Cc1cc(C(=O)N2CCC(CC3(C)SC(=N[C@H]4C[C@@H]5CC[C@H]4C5)NC3=O)CC2)c(C(F)(F)F)o1. The maximum atomic E-state index is 13.2. The minimum atomic E-state index is -4.71. The molecule has 2 aliphatic heterocycles. The molecule has 34 heavy (non-hydrogen) atoms. The van der Waals surface area contributed by atoms with Gasteiger partial charge in [-0.05, 0) is 76.2 Å². The van der Waals surface area contributed by atoms with Gasteiger partial charge >= 0.3 is 6.18 Å². The Bertz CT molecular complexity index is 1010. The molecule has 2 amide bonds. The highest BCUT2D eigenvalue weighted by Gasteiger charge is 2.47. The molecule has 2 bridgehead atoms. The average molecular weight is 498 g/mol. The number of piperidine rings is 1. The second kappa shape index (κ2) is 8.60. The van der Waals surface area contributed by atoms with Crippen LogP contribution in [-0.4, -0.2) is 45.8 Å². The minimum Gasteiger partial charge on any atom is -0.456 e. The van der Waals surface area contributed by atoms with Crippen molar-refractivity contribution in [3.05, 3.63) is 23.2 Å². The molecule has 0 radical (unpaired) electrons. The summed E-state index contributed by atoms with van der Waals surface area (Å²) in [7, 11) is 0. The van der Waals surface area contributed by atoms with Crippen LogP contribution in [0.3, 0.4) is 0 Å². The summed E-state index contributed by atoms with van der Waals surface area (Å²) in [5, 5.41) is 3.71. The predicted molar refractivity (Wildman–Crippen MR) is 123 cm³/mol. The number of carbonyl (C=O) groups excluding carboxylic acids is 2. The number of nitrogens with one attached hydrogen (secondary N) is 1. The van der Waals surface area contributed by atoms with Crippen molar-refractivity contribution in [2.24, 2.45) is 22.7 Å². The van der Waals surface area contributed by atoms with Gasteiger partial charge in [-0.1, -0.05) is 18.2 Å². The lowest BCUT2D eigenvalue weighted by Crippen LogP contribution is -2.42. The van der Waals surface area contributed by atoms with Gasteiger partial charge in [0.05, 0.1) is 16.4 Å². The standard InChI is InChI=1S/C24H30F3N3O3S/c1-13-9-17(19(33-13)24(25,26)27)20(31)30-7-5-14(6-8-30)12-23(2)21(32)29-22(34-23)28-18-11-15-3-4-16(18)10-15/h9,14-16,18H,3-8,10-12H2,1-2H3,(H,28,29,32)/t15-,16+,18+,23?/m1/s1. The summed E-state index contributed by atoms with van der Waals surface area (Å²) in [6, 6.07) is 1.49. The van der Waals surface area contributed by atoms with Gasteiger partial charge in [0.25, 0.3) is 5.91 Å². The van der Waals surface area contributed by atoms with E-state index in [2.05, 4.69) is 5.32 Å². The van der Waals surface area contributed by atoms with E-state index in [4.69, 9.17) is 9.41 Å². The Morgan fingerprint density at radius 2 is 2.00 bits per heavy atom. The summed E-state index contributed by atoms with van der Waals surface area (Å²) < 4.78 is 43.9. The van der Waals surface area contributed by atoms with E-state index < -0.39 is 28.2 Å². The van der Waals surface area contributed by atoms with Gasteiger partial charge in [0.2, 0.25) is 11.7 Å². The fraction of sp³-hybridized carbons (Fsp3) is 0.708. The molecule has 5 rings (SSSR count). The van der Waals surface area contributed by atoms with Crippen molar-refractivity contribution < 1.29 is 27.2 Å². The lowest BCUT2D eigenvalue weighted by atomic mass is 9.87. The predicted octanol–water partition coefficient (Wildman–Crippen LogP) is 5.02.